The van der Waals surface area contributed by atoms with Crippen molar-refractivity contribution in [2.45, 2.75) is 58.5 Å². The molecule has 2 rings (SSSR count). The fraction of sp³-hybridized carbons (Fsp3) is 0.435. The summed E-state index contributed by atoms with van der Waals surface area (Å²) in [5.74, 6) is -0.442. The third-order valence-corrected chi connectivity index (χ3v) is 6.27. The second kappa shape index (κ2) is 10.2. The Bertz CT molecular complexity index is 1030. The zero-order chi connectivity index (χ0) is 23.3. The first kappa shape index (κ1) is 24.7. The molecule has 31 heavy (non-hydrogen) atoms. The number of benzene rings is 2. The molecule has 0 aliphatic rings. The molecule has 2 aromatic carbocycles. The number of carbonyl (C=O) groups is 1. The van der Waals surface area contributed by atoms with E-state index in [1.54, 1.807) is 26.8 Å². The summed E-state index contributed by atoms with van der Waals surface area (Å²) in [6.07, 6.45) is -1.17. The Kier molecular flexibility index (Phi) is 8.08. The van der Waals surface area contributed by atoms with Crippen molar-refractivity contribution in [3.63, 3.8) is 0 Å². The van der Waals surface area contributed by atoms with Gasteiger partial charge < -0.3 is 15.2 Å². The maximum Gasteiger partial charge on any atom is 0.265 e. The molecule has 170 valence electrons. The van der Waals surface area contributed by atoms with Crippen LogP contribution in [0.3, 0.4) is 0 Å². The number of anilines is 2. The minimum Gasteiger partial charge on any atom is -0.492 e. The summed E-state index contributed by atoms with van der Waals surface area (Å²) in [5, 5.41) is 12.5. The Hall–Kier alpha value is -2.58. The van der Waals surface area contributed by atoms with Gasteiger partial charge in [0.05, 0.1) is 6.61 Å². The number of sulfonamides is 1. The molecule has 0 saturated heterocycles. The standard InChI is InChI=1S/C23H32N2O5S/c1-7-30-20-13-17(24-23(27)22(26)15(4)5)10-11-21(20)31(28,29)25-18-9-8-16(6)19(12-18)14(2)3/h8-15,22,25-26H,7H2,1-6H3,(H,24,27)/t22-/m0/s1. The minimum absolute atomic E-state index is 0.0385. The SMILES string of the molecule is CCOc1cc(NC(=O)[C@@H](O)C(C)C)ccc1S(=O)(=O)Nc1ccc(C)c(C(C)C)c1. The third-order valence-electron chi connectivity index (χ3n) is 4.85. The fourth-order valence-electron chi connectivity index (χ4n) is 3.13. The van der Waals surface area contributed by atoms with Crippen LogP contribution in [-0.2, 0) is 14.8 Å². The van der Waals surface area contributed by atoms with Gasteiger partial charge in [0.15, 0.2) is 0 Å². The number of aliphatic hydroxyl groups excluding tert-OH is 1. The number of hydrogen-bond donors (Lipinski definition) is 3. The molecule has 8 heteroatoms. The van der Waals surface area contributed by atoms with Crippen LogP contribution in [-0.4, -0.2) is 32.1 Å². The summed E-state index contributed by atoms with van der Waals surface area (Å²) in [6, 6.07) is 9.73. The smallest absolute Gasteiger partial charge is 0.265 e. The Morgan fingerprint density at radius 1 is 1.06 bits per heavy atom. The first-order chi connectivity index (χ1) is 14.5. The Morgan fingerprint density at radius 3 is 2.29 bits per heavy atom. The van der Waals surface area contributed by atoms with Crippen LogP contribution >= 0.6 is 0 Å². The topological polar surface area (TPSA) is 105 Å². The van der Waals surface area contributed by atoms with Crippen molar-refractivity contribution >= 4 is 27.3 Å². The van der Waals surface area contributed by atoms with Crippen molar-refractivity contribution in [3.05, 3.63) is 47.5 Å². The summed E-state index contributed by atoms with van der Waals surface area (Å²) < 4.78 is 34.3. The zero-order valence-corrected chi connectivity index (χ0v) is 19.7. The lowest BCUT2D eigenvalue weighted by molar-refractivity contribution is -0.125. The van der Waals surface area contributed by atoms with Gasteiger partial charge in [-0.05, 0) is 61.1 Å². The molecule has 0 heterocycles. The van der Waals surface area contributed by atoms with E-state index in [2.05, 4.69) is 23.9 Å². The molecular weight excluding hydrogens is 416 g/mol. The van der Waals surface area contributed by atoms with Crippen molar-refractivity contribution in [1.82, 2.24) is 0 Å². The molecule has 0 aliphatic carbocycles. The van der Waals surface area contributed by atoms with Gasteiger partial charge >= 0.3 is 0 Å². The van der Waals surface area contributed by atoms with Crippen molar-refractivity contribution in [1.29, 1.82) is 0 Å². The minimum atomic E-state index is -3.93. The molecule has 7 nitrogen and oxygen atoms in total. The molecule has 3 N–H and O–H groups in total. The molecule has 1 amide bonds. The summed E-state index contributed by atoms with van der Waals surface area (Å²) in [4.78, 5) is 12.1. The number of aryl methyl sites for hydroxylation is 1. The van der Waals surface area contributed by atoms with Crippen molar-refractivity contribution in [2.24, 2.45) is 5.92 Å². The lowest BCUT2D eigenvalue weighted by Gasteiger charge is -2.17. The highest BCUT2D eigenvalue weighted by molar-refractivity contribution is 7.92. The van der Waals surface area contributed by atoms with Crippen LogP contribution in [0.15, 0.2) is 41.3 Å². The Morgan fingerprint density at radius 2 is 1.71 bits per heavy atom. The van der Waals surface area contributed by atoms with Crippen LogP contribution in [0.5, 0.6) is 5.75 Å². The van der Waals surface area contributed by atoms with E-state index in [4.69, 9.17) is 4.74 Å². The highest BCUT2D eigenvalue weighted by Crippen LogP contribution is 2.31. The number of nitrogens with one attached hydrogen (secondary N) is 2. The third kappa shape index (κ3) is 6.21. The molecule has 2 aromatic rings. The maximum absolute atomic E-state index is 13.1. The number of rotatable bonds is 9. The largest absolute Gasteiger partial charge is 0.492 e. The van der Waals surface area contributed by atoms with E-state index in [0.29, 0.717) is 11.4 Å². The molecular formula is C23H32N2O5S. The predicted octanol–water partition coefficient (Wildman–Crippen LogP) is 4.27. The molecule has 0 radical (unpaired) electrons. The average molecular weight is 449 g/mol. The zero-order valence-electron chi connectivity index (χ0n) is 18.9. The van der Waals surface area contributed by atoms with Crippen molar-refractivity contribution in [3.8, 4) is 5.75 Å². The maximum atomic E-state index is 13.1. The van der Waals surface area contributed by atoms with Gasteiger partial charge in [-0.25, -0.2) is 8.42 Å². The number of carbonyl (C=O) groups excluding carboxylic acids is 1. The number of aliphatic hydroxyl groups is 1. The van der Waals surface area contributed by atoms with Gasteiger partial charge in [-0.2, -0.15) is 0 Å². The van der Waals surface area contributed by atoms with Gasteiger partial charge in [0.2, 0.25) is 0 Å². The molecule has 0 aliphatic heterocycles. The second-order valence-corrected chi connectivity index (χ2v) is 9.76. The summed E-state index contributed by atoms with van der Waals surface area (Å²) in [6.45, 7) is 11.5. The van der Waals surface area contributed by atoms with Crippen LogP contribution in [0.1, 0.15) is 51.7 Å². The van der Waals surface area contributed by atoms with Crippen LogP contribution < -0.4 is 14.8 Å². The van der Waals surface area contributed by atoms with Gasteiger partial charge in [0.1, 0.15) is 16.7 Å². The molecule has 0 saturated carbocycles. The Balaban J connectivity index is 2.35. The molecule has 0 unspecified atom stereocenters. The van der Waals surface area contributed by atoms with Gasteiger partial charge in [-0.15, -0.1) is 0 Å². The molecule has 0 spiro atoms. The summed E-state index contributed by atoms with van der Waals surface area (Å²) in [5.41, 5.74) is 2.96. The van der Waals surface area contributed by atoms with Crippen LogP contribution in [0.25, 0.3) is 0 Å². The number of amides is 1. The molecule has 0 fully saturated rings. The van der Waals surface area contributed by atoms with Gasteiger partial charge in [0.25, 0.3) is 15.9 Å². The first-order valence-electron chi connectivity index (χ1n) is 10.3. The van der Waals surface area contributed by atoms with E-state index in [-0.39, 0.29) is 29.1 Å². The predicted molar refractivity (Wildman–Crippen MR) is 123 cm³/mol. The number of hydrogen-bond acceptors (Lipinski definition) is 5. The van der Waals surface area contributed by atoms with Crippen LogP contribution in [0, 0.1) is 12.8 Å². The number of ether oxygens (including phenoxy) is 1. The van der Waals surface area contributed by atoms with Gasteiger partial charge in [-0.3, -0.25) is 9.52 Å². The van der Waals surface area contributed by atoms with E-state index in [1.165, 1.54) is 18.2 Å². The van der Waals surface area contributed by atoms with Gasteiger partial charge in [0, 0.05) is 17.4 Å². The molecule has 0 bridgehead atoms. The highest BCUT2D eigenvalue weighted by Gasteiger charge is 2.23. The van der Waals surface area contributed by atoms with E-state index in [0.717, 1.165) is 11.1 Å². The normalized spacial score (nSPS) is 12.7. The monoisotopic (exact) mass is 448 g/mol. The molecule has 1 atom stereocenters. The van der Waals surface area contributed by atoms with E-state index >= 15 is 0 Å². The Labute approximate surface area is 184 Å². The highest BCUT2D eigenvalue weighted by atomic mass is 32.2. The van der Waals surface area contributed by atoms with E-state index in [9.17, 15) is 18.3 Å². The summed E-state index contributed by atoms with van der Waals surface area (Å²) >= 11 is 0. The van der Waals surface area contributed by atoms with Gasteiger partial charge in [-0.1, -0.05) is 33.8 Å². The summed E-state index contributed by atoms with van der Waals surface area (Å²) in [7, 11) is -3.93. The second-order valence-electron chi connectivity index (χ2n) is 8.10. The van der Waals surface area contributed by atoms with Crippen LogP contribution in [0.2, 0.25) is 0 Å². The van der Waals surface area contributed by atoms with Crippen molar-refractivity contribution in [2.75, 3.05) is 16.6 Å². The fourth-order valence-corrected chi connectivity index (χ4v) is 4.31. The lowest BCUT2D eigenvalue weighted by Crippen LogP contribution is -2.31. The molecule has 0 aromatic heterocycles. The van der Waals surface area contributed by atoms with Crippen LogP contribution in [0.4, 0.5) is 11.4 Å². The van der Waals surface area contributed by atoms with E-state index in [1.807, 2.05) is 19.1 Å². The van der Waals surface area contributed by atoms with E-state index < -0.39 is 22.0 Å². The lowest BCUT2D eigenvalue weighted by atomic mass is 9.98. The van der Waals surface area contributed by atoms with Crippen molar-refractivity contribution < 1.29 is 23.1 Å². The quantitative estimate of drug-likeness (QED) is 0.531. The first-order valence-corrected chi connectivity index (χ1v) is 11.8. The average Bonchev–Trinajstić information content (AvgIpc) is 2.68.